The van der Waals surface area contributed by atoms with Crippen LogP contribution in [0, 0.1) is 0 Å². The molecule has 0 radical (unpaired) electrons. The molecule has 4 nitrogen and oxygen atoms in total. The number of rotatable bonds is 6. The predicted octanol–water partition coefficient (Wildman–Crippen LogP) is 5.16. The third kappa shape index (κ3) is 4.36. The first-order chi connectivity index (χ1) is 13.1. The fraction of sp³-hybridized carbons (Fsp3) is 0.0909. The third-order valence-electron chi connectivity index (χ3n) is 4.11. The monoisotopic (exact) mass is 379 g/mol. The summed E-state index contributed by atoms with van der Waals surface area (Å²) >= 11 is 5.95. The average molecular weight is 380 g/mol. The summed E-state index contributed by atoms with van der Waals surface area (Å²) in [4.78, 5) is 25.8. The molecule has 5 heteroatoms. The first-order valence-electron chi connectivity index (χ1n) is 8.42. The lowest BCUT2D eigenvalue weighted by Gasteiger charge is -2.18. The number of ether oxygens (including phenoxy) is 1. The van der Waals surface area contributed by atoms with Crippen LogP contribution in [0.1, 0.15) is 32.4 Å². The van der Waals surface area contributed by atoms with Crippen molar-refractivity contribution in [3.05, 3.63) is 101 Å². The van der Waals surface area contributed by atoms with Crippen LogP contribution in [0.3, 0.4) is 0 Å². The summed E-state index contributed by atoms with van der Waals surface area (Å²) in [5.41, 5.74) is 2.01. The first kappa shape index (κ1) is 18.7. The van der Waals surface area contributed by atoms with Gasteiger partial charge in [0, 0.05) is 28.9 Å². The van der Waals surface area contributed by atoms with Crippen LogP contribution < -0.4 is 5.32 Å². The van der Waals surface area contributed by atoms with E-state index in [9.17, 15) is 9.59 Å². The molecular weight excluding hydrogens is 362 g/mol. The summed E-state index contributed by atoms with van der Waals surface area (Å²) in [7, 11) is 1.72. The summed E-state index contributed by atoms with van der Waals surface area (Å²) in [6.07, 6.45) is -1.07. The number of halogens is 1. The van der Waals surface area contributed by atoms with E-state index in [1.807, 2.05) is 12.1 Å². The molecule has 0 heterocycles. The van der Waals surface area contributed by atoms with Crippen LogP contribution in [0.15, 0.2) is 78.9 Å². The molecule has 27 heavy (non-hydrogen) atoms. The van der Waals surface area contributed by atoms with Gasteiger partial charge in [0.15, 0.2) is 6.10 Å². The number of benzene rings is 3. The van der Waals surface area contributed by atoms with Crippen LogP contribution in [0.2, 0.25) is 5.02 Å². The molecule has 0 fully saturated rings. The zero-order valence-corrected chi connectivity index (χ0v) is 15.4. The summed E-state index contributed by atoms with van der Waals surface area (Å²) in [5, 5.41) is 3.49. The van der Waals surface area contributed by atoms with Crippen LogP contribution in [0.5, 0.6) is 0 Å². The molecule has 0 unspecified atom stereocenters. The number of nitrogens with one attached hydrogen (secondary N) is 1. The maximum Gasteiger partial charge on any atom is 0.341 e. The molecule has 0 amide bonds. The number of ketones is 1. The van der Waals surface area contributed by atoms with Crippen LogP contribution in [-0.4, -0.2) is 18.8 Å². The Bertz CT molecular complexity index is 939. The van der Waals surface area contributed by atoms with Crippen molar-refractivity contribution in [1.29, 1.82) is 0 Å². The maximum atomic E-state index is 13.0. The van der Waals surface area contributed by atoms with E-state index in [4.69, 9.17) is 16.3 Å². The van der Waals surface area contributed by atoms with Crippen LogP contribution in [-0.2, 0) is 4.74 Å². The summed E-state index contributed by atoms with van der Waals surface area (Å²) in [6, 6.07) is 22.4. The molecule has 0 aromatic heterocycles. The molecule has 3 aromatic rings. The highest BCUT2D eigenvalue weighted by Gasteiger charge is 2.27. The molecule has 3 rings (SSSR count). The third-order valence-corrected chi connectivity index (χ3v) is 4.36. The minimum absolute atomic E-state index is 0.298. The van der Waals surface area contributed by atoms with Gasteiger partial charge in [0.25, 0.3) is 0 Å². The number of carbonyl (C=O) groups is 2. The summed E-state index contributed by atoms with van der Waals surface area (Å²) < 4.78 is 5.65. The molecule has 3 aromatic carbocycles. The Labute approximate surface area is 162 Å². The molecule has 0 saturated heterocycles. The Hall–Kier alpha value is -3.11. The minimum Gasteiger partial charge on any atom is -0.445 e. The van der Waals surface area contributed by atoms with Gasteiger partial charge < -0.3 is 10.1 Å². The normalized spacial score (nSPS) is 11.5. The summed E-state index contributed by atoms with van der Waals surface area (Å²) in [6.45, 7) is 0. The van der Waals surface area contributed by atoms with E-state index in [1.54, 1.807) is 73.8 Å². The predicted molar refractivity (Wildman–Crippen MR) is 106 cm³/mol. The SMILES string of the molecule is CNc1ccccc1C(=O)O[C@@H](C(=O)c1ccccc1)c1ccc(Cl)cc1. The van der Waals surface area contributed by atoms with E-state index < -0.39 is 12.1 Å². The van der Waals surface area contributed by atoms with Crippen molar-refractivity contribution in [2.75, 3.05) is 12.4 Å². The van der Waals surface area contributed by atoms with Crippen molar-refractivity contribution in [2.24, 2.45) is 0 Å². The van der Waals surface area contributed by atoms with E-state index in [0.717, 1.165) is 0 Å². The number of hydrogen-bond acceptors (Lipinski definition) is 4. The van der Waals surface area contributed by atoms with Gasteiger partial charge in [-0.2, -0.15) is 0 Å². The lowest BCUT2D eigenvalue weighted by atomic mass is 9.99. The van der Waals surface area contributed by atoms with Gasteiger partial charge in [-0.1, -0.05) is 66.2 Å². The Morgan fingerprint density at radius 2 is 1.52 bits per heavy atom. The number of carbonyl (C=O) groups excluding carboxylic acids is 2. The van der Waals surface area contributed by atoms with Crippen molar-refractivity contribution in [1.82, 2.24) is 0 Å². The van der Waals surface area contributed by atoms with Gasteiger partial charge in [0.1, 0.15) is 0 Å². The second-order valence-electron chi connectivity index (χ2n) is 5.86. The molecule has 0 spiro atoms. The average Bonchev–Trinajstić information content (AvgIpc) is 2.72. The fourth-order valence-electron chi connectivity index (χ4n) is 2.71. The van der Waals surface area contributed by atoms with Gasteiger partial charge in [-0.25, -0.2) is 4.79 Å². The zero-order chi connectivity index (χ0) is 19.2. The number of para-hydroxylation sites is 1. The molecule has 0 saturated carbocycles. The van der Waals surface area contributed by atoms with Crippen molar-refractivity contribution in [3.8, 4) is 0 Å². The highest BCUT2D eigenvalue weighted by Crippen LogP contribution is 2.27. The molecule has 0 aliphatic carbocycles. The lowest BCUT2D eigenvalue weighted by Crippen LogP contribution is -2.21. The molecule has 1 atom stereocenters. The van der Waals surface area contributed by atoms with Crippen LogP contribution >= 0.6 is 11.6 Å². The number of hydrogen-bond donors (Lipinski definition) is 1. The maximum absolute atomic E-state index is 13.0. The Kier molecular flexibility index (Phi) is 5.89. The molecule has 0 bridgehead atoms. The topological polar surface area (TPSA) is 55.4 Å². The number of esters is 1. The van der Waals surface area contributed by atoms with Crippen molar-refractivity contribution >= 4 is 29.0 Å². The summed E-state index contributed by atoms with van der Waals surface area (Å²) in [5.74, 6) is -0.877. The van der Waals surface area contributed by atoms with Gasteiger partial charge in [-0.05, 0) is 24.3 Å². The molecule has 1 N–H and O–H groups in total. The van der Waals surface area contributed by atoms with Crippen molar-refractivity contribution in [2.45, 2.75) is 6.10 Å². The second kappa shape index (κ2) is 8.52. The fourth-order valence-corrected chi connectivity index (χ4v) is 2.84. The van der Waals surface area contributed by atoms with Crippen molar-refractivity contribution < 1.29 is 14.3 Å². The first-order valence-corrected chi connectivity index (χ1v) is 8.80. The minimum atomic E-state index is -1.07. The van der Waals surface area contributed by atoms with E-state index in [2.05, 4.69) is 5.32 Å². The smallest absolute Gasteiger partial charge is 0.341 e. The quantitative estimate of drug-likeness (QED) is 0.474. The molecule has 0 aliphatic rings. The Morgan fingerprint density at radius 1 is 0.889 bits per heavy atom. The van der Waals surface area contributed by atoms with Gasteiger partial charge in [-0.3, -0.25) is 4.79 Å². The Balaban J connectivity index is 1.96. The van der Waals surface area contributed by atoms with E-state index in [0.29, 0.717) is 27.4 Å². The zero-order valence-electron chi connectivity index (χ0n) is 14.7. The van der Waals surface area contributed by atoms with E-state index >= 15 is 0 Å². The second-order valence-corrected chi connectivity index (χ2v) is 6.30. The highest BCUT2D eigenvalue weighted by atomic mass is 35.5. The Morgan fingerprint density at radius 3 is 2.19 bits per heavy atom. The van der Waals surface area contributed by atoms with E-state index in [1.165, 1.54) is 0 Å². The van der Waals surface area contributed by atoms with Crippen molar-refractivity contribution in [3.63, 3.8) is 0 Å². The van der Waals surface area contributed by atoms with Gasteiger partial charge >= 0.3 is 5.97 Å². The standard InChI is InChI=1S/C22H18ClNO3/c1-24-19-10-6-5-9-18(19)22(26)27-21(16-11-13-17(23)14-12-16)20(25)15-7-3-2-4-8-15/h2-14,21,24H,1H3/t21-/m1/s1. The van der Waals surface area contributed by atoms with E-state index in [-0.39, 0.29) is 5.78 Å². The van der Waals surface area contributed by atoms with Crippen LogP contribution in [0.4, 0.5) is 5.69 Å². The van der Waals surface area contributed by atoms with Gasteiger partial charge in [0.2, 0.25) is 5.78 Å². The molecular formula is C22H18ClNO3. The lowest BCUT2D eigenvalue weighted by molar-refractivity contribution is 0.0281. The van der Waals surface area contributed by atoms with Gasteiger partial charge in [-0.15, -0.1) is 0 Å². The largest absolute Gasteiger partial charge is 0.445 e. The van der Waals surface area contributed by atoms with Gasteiger partial charge in [0.05, 0.1) is 5.56 Å². The highest BCUT2D eigenvalue weighted by molar-refractivity contribution is 6.30. The molecule has 136 valence electrons. The molecule has 0 aliphatic heterocycles. The number of Topliss-reactive ketones (excluding diaryl/α,β-unsaturated/α-hetero) is 1. The number of anilines is 1. The van der Waals surface area contributed by atoms with Crippen LogP contribution in [0.25, 0.3) is 0 Å².